The number of phenolic OH excluding ortho intramolecular Hbond substituents is 1. The Kier molecular flexibility index (Phi) is 7.33. The highest BCUT2D eigenvalue weighted by Crippen LogP contribution is 2.43. The number of aromatic nitrogens is 6. The Morgan fingerprint density at radius 3 is 2.73 bits per heavy atom. The smallest absolute Gasteiger partial charge is 0.346 e. The second kappa shape index (κ2) is 11.6. The zero-order chi connectivity index (χ0) is 34.0. The first-order valence-corrected chi connectivity index (χ1v) is 16.2. The van der Waals surface area contributed by atoms with Crippen LogP contribution in [-0.4, -0.2) is 102 Å². The molecule has 3 saturated heterocycles. The Labute approximate surface area is 280 Å². The summed E-state index contributed by atoms with van der Waals surface area (Å²) in [4.78, 5) is 37.1. The van der Waals surface area contributed by atoms with E-state index in [4.69, 9.17) is 16.1 Å². The number of carbonyl (C=O) groups excluding carboxylic acids is 1. The van der Waals surface area contributed by atoms with Crippen LogP contribution in [0, 0.1) is 24.0 Å². The summed E-state index contributed by atoms with van der Waals surface area (Å²) in [5.41, 5.74) is -0.595. The number of aromatic hydroxyl groups is 1. The Morgan fingerprint density at radius 2 is 2.02 bits per heavy atom. The number of phenols is 1. The van der Waals surface area contributed by atoms with Gasteiger partial charge < -0.3 is 19.6 Å². The van der Waals surface area contributed by atoms with Gasteiger partial charge in [0.1, 0.15) is 47.4 Å². The fourth-order valence-electron chi connectivity index (χ4n) is 7.76. The van der Waals surface area contributed by atoms with Gasteiger partial charge in [-0.05, 0) is 69.8 Å². The molecule has 0 aliphatic carbocycles. The first-order chi connectivity index (χ1) is 23.7. The molecular weight excluding hydrogens is 632 g/mol. The van der Waals surface area contributed by atoms with E-state index >= 15 is 4.39 Å². The molecule has 3 atom stereocenters. The van der Waals surface area contributed by atoms with E-state index in [-0.39, 0.29) is 57.7 Å². The van der Waals surface area contributed by atoms with Gasteiger partial charge >= 0.3 is 12.0 Å². The number of carbonyl (C=O) groups is 1. The molecule has 12 nitrogen and oxygen atoms in total. The highest BCUT2D eigenvalue weighted by Gasteiger charge is 2.52. The van der Waals surface area contributed by atoms with Crippen LogP contribution in [0.3, 0.4) is 0 Å². The quantitative estimate of drug-likeness (QED) is 0.267. The van der Waals surface area contributed by atoms with E-state index in [0.29, 0.717) is 42.6 Å². The number of pyridine rings is 1. The molecule has 3 aliphatic rings. The van der Waals surface area contributed by atoms with Gasteiger partial charge in [-0.2, -0.15) is 19.7 Å². The SMILES string of the molecule is C#Cc1c(F)ccc2cc(O)cc(-c3ncc4c(N5CCC6(CCN6C(=O)n6cncn6)C5)nc(O[C@@H](C)C5CCCN5C)nc4c3F)c12. The number of likely N-dealkylation sites (N-methyl/N-ethyl adjacent to an activating group) is 1. The molecule has 2 aromatic carbocycles. The summed E-state index contributed by atoms with van der Waals surface area (Å²) in [6, 6.07) is 5.33. The van der Waals surface area contributed by atoms with Gasteiger partial charge in [0.15, 0.2) is 5.82 Å². The molecule has 1 amide bonds. The monoisotopic (exact) mass is 665 g/mol. The van der Waals surface area contributed by atoms with E-state index in [1.165, 1.54) is 47.8 Å². The van der Waals surface area contributed by atoms with Crippen LogP contribution in [0.25, 0.3) is 32.9 Å². The van der Waals surface area contributed by atoms with Crippen LogP contribution < -0.4 is 9.64 Å². The molecule has 1 N–H and O–H groups in total. The highest BCUT2D eigenvalue weighted by molar-refractivity contribution is 6.03. The van der Waals surface area contributed by atoms with Gasteiger partial charge in [0.2, 0.25) is 0 Å². The maximum absolute atomic E-state index is 16.9. The molecule has 14 heteroatoms. The van der Waals surface area contributed by atoms with Crippen LogP contribution in [0.5, 0.6) is 11.8 Å². The zero-order valence-electron chi connectivity index (χ0n) is 27.0. The molecule has 5 aromatic rings. The Hall–Kier alpha value is -5.42. The molecule has 3 fully saturated rings. The van der Waals surface area contributed by atoms with Crippen molar-refractivity contribution < 1.29 is 23.4 Å². The Bertz CT molecular complexity index is 2170. The number of fused-ring (bicyclic) bond motifs is 2. The molecule has 0 radical (unpaired) electrons. The van der Waals surface area contributed by atoms with Crippen molar-refractivity contribution in [1.29, 1.82) is 0 Å². The highest BCUT2D eigenvalue weighted by atomic mass is 19.1. The van der Waals surface area contributed by atoms with E-state index in [0.717, 1.165) is 25.8 Å². The molecule has 0 saturated carbocycles. The largest absolute Gasteiger partial charge is 0.508 e. The minimum Gasteiger partial charge on any atom is -0.508 e. The minimum atomic E-state index is -0.795. The third-order valence-electron chi connectivity index (χ3n) is 10.4. The Morgan fingerprint density at radius 1 is 1.18 bits per heavy atom. The lowest BCUT2D eigenvalue weighted by molar-refractivity contribution is 0.0400. The molecular formula is C35H33F2N9O3. The van der Waals surface area contributed by atoms with E-state index in [9.17, 15) is 14.3 Å². The number of likely N-dealkylation sites (tertiary alicyclic amines) is 2. The van der Waals surface area contributed by atoms with Crippen LogP contribution in [0.1, 0.15) is 38.2 Å². The summed E-state index contributed by atoms with van der Waals surface area (Å²) < 4.78 is 39.4. The summed E-state index contributed by atoms with van der Waals surface area (Å²) in [7, 11) is 2.05. The van der Waals surface area contributed by atoms with Gasteiger partial charge in [-0.3, -0.25) is 9.88 Å². The minimum absolute atomic E-state index is 0.00702. The fraction of sp³-hybridized carbons (Fsp3) is 0.371. The van der Waals surface area contributed by atoms with E-state index in [1.54, 1.807) is 4.90 Å². The molecule has 3 aliphatic heterocycles. The van der Waals surface area contributed by atoms with Gasteiger partial charge in [-0.1, -0.05) is 12.0 Å². The molecule has 3 aromatic heterocycles. The third-order valence-corrected chi connectivity index (χ3v) is 10.4. The lowest BCUT2D eigenvalue weighted by Crippen LogP contribution is -2.64. The number of ether oxygens (including phenoxy) is 1. The maximum atomic E-state index is 16.9. The van der Waals surface area contributed by atoms with Crippen LogP contribution in [0.4, 0.5) is 19.4 Å². The molecule has 8 rings (SSSR count). The van der Waals surface area contributed by atoms with Crippen molar-refractivity contribution in [3.8, 4) is 35.4 Å². The van der Waals surface area contributed by atoms with Crippen molar-refractivity contribution in [3.05, 3.63) is 60.3 Å². The Balaban J connectivity index is 1.24. The average Bonchev–Trinajstić information content (AvgIpc) is 3.87. The number of hydrogen-bond donors (Lipinski definition) is 1. The van der Waals surface area contributed by atoms with Crippen molar-refractivity contribution in [1.82, 2.24) is 39.5 Å². The molecule has 49 heavy (non-hydrogen) atoms. The topological polar surface area (TPSA) is 126 Å². The number of benzene rings is 2. The zero-order valence-corrected chi connectivity index (χ0v) is 27.0. The van der Waals surface area contributed by atoms with Crippen LogP contribution in [0.15, 0.2) is 43.1 Å². The number of amides is 1. The number of anilines is 1. The van der Waals surface area contributed by atoms with E-state index in [2.05, 4.69) is 30.9 Å². The summed E-state index contributed by atoms with van der Waals surface area (Å²) in [5.74, 6) is 1.20. The van der Waals surface area contributed by atoms with Gasteiger partial charge in [0, 0.05) is 42.8 Å². The predicted molar refractivity (Wildman–Crippen MR) is 177 cm³/mol. The molecule has 6 heterocycles. The van der Waals surface area contributed by atoms with Crippen LogP contribution in [0.2, 0.25) is 0 Å². The summed E-state index contributed by atoms with van der Waals surface area (Å²) in [5, 5.41) is 15.6. The molecule has 2 unspecified atom stereocenters. The standard InChI is InChI=1S/C35H33F2N9O3/c1-4-23-26(36)8-7-21-14-22(47)15-24(28(21)23)30-29(37)31-25(16-39-30)32(42-33(41-31)49-20(2)27-6-5-11-43(27)3)44-12-9-35(17-44)10-13-45(35)34(48)46-19-38-18-40-46/h1,7-8,14-16,18-20,27,47H,5-6,9-13,17H2,2-3H3/t20-,27?,35?/m0/s1. The van der Waals surface area contributed by atoms with Gasteiger partial charge in [0.05, 0.1) is 16.5 Å². The summed E-state index contributed by atoms with van der Waals surface area (Å²) in [6.07, 6.45) is 13.0. The van der Waals surface area contributed by atoms with Gasteiger partial charge in [0.25, 0.3) is 0 Å². The second-order valence-corrected chi connectivity index (χ2v) is 13.1. The second-order valence-electron chi connectivity index (χ2n) is 13.1. The number of rotatable bonds is 5. The number of terminal acetylenes is 1. The van der Waals surface area contributed by atoms with E-state index in [1.807, 2.05) is 18.9 Å². The summed E-state index contributed by atoms with van der Waals surface area (Å²) in [6.45, 7) is 4.47. The lowest BCUT2D eigenvalue weighted by Gasteiger charge is -2.50. The number of halogens is 2. The first-order valence-electron chi connectivity index (χ1n) is 16.2. The lowest BCUT2D eigenvalue weighted by atomic mass is 9.84. The van der Waals surface area contributed by atoms with Gasteiger partial charge in [-0.25, -0.2) is 18.6 Å². The third kappa shape index (κ3) is 4.99. The number of hydrogen-bond acceptors (Lipinski definition) is 10. The van der Waals surface area contributed by atoms with Crippen molar-refractivity contribution in [2.24, 2.45) is 0 Å². The maximum Gasteiger partial charge on any atom is 0.346 e. The van der Waals surface area contributed by atoms with Crippen LogP contribution in [-0.2, 0) is 0 Å². The normalized spacial score (nSPS) is 21.4. The van der Waals surface area contributed by atoms with Crippen molar-refractivity contribution in [3.63, 3.8) is 0 Å². The van der Waals surface area contributed by atoms with Gasteiger partial charge in [-0.15, -0.1) is 6.42 Å². The molecule has 0 bridgehead atoms. The van der Waals surface area contributed by atoms with Crippen molar-refractivity contribution in [2.75, 3.05) is 38.1 Å². The van der Waals surface area contributed by atoms with E-state index < -0.39 is 17.2 Å². The molecule has 250 valence electrons. The van der Waals surface area contributed by atoms with Crippen molar-refractivity contribution >= 4 is 33.5 Å². The fourth-order valence-corrected chi connectivity index (χ4v) is 7.76. The molecule has 1 spiro atoms. The predicted octanol–water partition coefficient (Wildman–Crippen LogP) is 4.59. The first kappa shape index (κ1) is 30.9. The average molecular weight is 666 g/mol. The summed E-state index contributed by atoms with van der Waals surface area (Å²) >= 11 is 0. The van der Waals surface area contributed by atoms with Crippen molar-refractivity contribution in [2.45, 2.75) is 50.3 Å². The number of nitrogens with zero attached hydrogens (tertiary/aromatic N) is 9. The van der Waals surface area contributed by atoms with Crippen LogP contribution >= 0.6 is 0 Å².